The molecular weight excluding hydrogens is 840 g/mol. The van der Waals surface area contributed by atoms with E-state index < -0.39 is 26.6 Å². The largest absolute Gasteiger partial charge is 0.756 e. The van der Waals surface area contributed by atoms with Crippen LogP contribution in [-0.2, 0) is 18.4 Å². The fourth-order valence-corrected chi connectivity index (χ4v) is 7.07. The molecule has 0 aliphatic carbocycles. The molecule has 0 saturated heterocycles. The maximum atomic E-state index is 12.8. The third-order valence-electron chi connectivity index (χ3n) is 10.3. The molecule has 66 heavy (non-hydrogen) atoms. The third-order valence-corrected chi connectivity index (χ3v) is 11.3. The van der Waals surface area contributed by atoms with Crippen LogP contribution in [0.1, 0.15) is 168 Å². The van der Waals surface area contributed by atoms with E-state index in [0.717, 1.165) is 116 Å². The van der Waals surface area contributed by atoms with Gasteiger partial charge >= 0.3 is 0 Å². The van der Waals surface area contributed by atoms with Gasteiger partial charge in [-0.15, -0.1) is 0 Å². The summed E-state index contributed by atoms with van der Waals surface area (Å²) in [5, 5.41) is 13.6. The lowest BCUT2D eigenvalue weighted by atomic mass is 10.1. The molecule has 0 fully saturated rings. The number of unbranched alkanes of at least 4 members (excludes halogenated alkanes) is 11. The normalized spacial score (nSPS) is 15.2. The number of allylic oxidation sites excluding steroid dienone is 21. The highest BCUT2D eigenvalue weighted by atomic mass is 31.2. The maximum absolute atomic E-state index is 12.8. The van der Waals surface area contributed by atoms with Crippen LogP contribution in [0.4, 0.5) is 0 Å². The monoisotopic (exact) mass is 935 g/mol. The first kappa shape index (κ1) is 62.6. The molecule has 1 amide bonds. The lowest BCUT2D eigenvalue weighted by Gasteiger charge is -2.29. The average Bonchev–Trinajstić information content (AvgIpc) is 3.28. The van der Waals surface area contributed by atoms with Crippen LogP contribution in [0.2, 0.25) is 0 Å². The molecule has 0 aromatic heterocycles. The Morgan fingerprint density at radius 3 is 1.39 bits per heavy atom. The molecule has 0 bridgehead atoms. The van der Waals surface area contributed by atoms with Crippen LogP contribution in [0.5, 0.6) is 0 Å². The minimum Gasteiger partial charge on any atom is -0.756 e. The van der Waals surface area contributed by atoms with Crippen molar-refractivity contribution in [1.29, 1.82) is 0 Å². The fourth-order valence-electron chi connectivity index (χ4n) is 6.34. The van der Waals surface area contributed by atoms with Crippen molar-refractivity contribution in [3.05, 3.63) is 134 Å². The quantitative estimate of drug-likeness (QED) is 0.0273. The molecule has 0 rings (SSSR count). The van der Waals surface area contributed by atoms with Gasteiger partial charge in [-0.25, -0.2) is 0 Å². The molecule has 8 nitrogen and oxygen atoms in total. The van der Waals surface area contributed by atoms with Gasteiger partial charge in [-0.05, 0) is 96.3 Å². The van der Waals surface area contributed by atoms with Crippen molar-refractivity contribution < 1.29 is 32.9 Å². The van der Waals surface area contributed by atoms with Crippen LogP contribution in [0.15, 0.2) is 134 Å². The molecular formula is C57H95N2O6P. The lowest BCUT2D eigenvalue weighted by Crippen LogP contribution is -2.45. The van der Waals surface area contributed by atoms with E-state index in [9.17, 15) is 19.4 Å². The number of carbonyl (C=O) groups excluding carboxylic acids is 1. The molecule has 3 atom stereocenters. The van der Waals surface area contributed by atoms with Crippen LogP contribution in [0.3, 0.4) is 0 Å². The number of aliphatic hydroxyl groups is 1. The highest BCUT2D eigenvalue weighted by Gasteiger charge is 2.23. The summed E-state index contributed by atoms with van der Waals surface area (Å²) in [5.41, 5.74) is 0. The predicted octanol–water partition coefficient (Wildman–Crippen LogP) is 14.6. The lowest BCUT2D eigenvalue weighted by molar-refractivity contribution is -0.870. The van der Waals surface area contributed by atoms with Crippen LogP contribution in [0, 0.1) is 0 Å². The summed E-state index contributed by atoms with van der Waals surface area (Å²) in [6.45, 7) is 4.36. The Hall–Kier alpha value is -3.36. The van der Waals surface area contributed by atoms with E-state index in [0.29, 0.717) is 17.4 Å². The number of quaternary nitrogens is 1. The SMILES string of the molecule is CC/C=C\C/C=C\C/C=C\C/C=C\C/C=C\C/C=C\C/C=C\C/C=C\C/C=C\CCCCCCCCCCCC(=O)NC(COP(=O)([O-])OCC[N+](C)(C)C)C(O)/C=C/CC/C=C/CCC. The predicted molar refractivity (Wildman–Crippen MR) is 283 cm³/mol. The minimum absolute atomic E-state index is 0.0152. The van der Waals surface area contributed by atoms with Crippen LogP contribution >= 0.6 is 7.82 Å². The summed E-state index contributed by atoms with van der Waals surface area (Å²) in [6, 6.07) is -0.912. The number of hydrogen-bond donors (Lipinski definition) is 2. The molecule has 3 unspecified atom stereocenters. The van der Waals surface area contributed by atoms with Crippen molar-refractivity contribution in [1.82, 2.24) is 5.32 Å². The molecule has 0 aliphatic rings. The van der Waals surface area contributed by atoms with Crippen molar-refractivity contribution in [2.75, 3.05) is 40.9 Å². The van der Waals surface area contributed by atoms with Crippen molar-refractivity contribution in [3.8, 4) is 0 Å². The van der Waals surface area contributed by atoms with E-state index in [1.807, 2.05) is 27.2 Å². The molecule has 2 N–H and O–H groups in total. The van der Waals surface area contributed by atoms with Gasteiger partial charge in [0.1, 0.15) is 13.2 Å². The molecule has 0 radical (unpaired) electrons. The van der Waals surface area contributed by atoms with Crippen LogP contribution in [-0.4, -0.2) is 68.5 Å². The number of phosphoric acid groups is 1. The minimum atomic E-state index is -4.60. The van der Waals surface area contributed by atoms with Crippen molar-refractivity contribution in [3.63, 3.8) is 0 Å². The Labute approximate surface area is 405 Å². The topological polar surface area (TPSA) is 108 Å². The standard InChI is InChI=1S/C57H95N2O6P/c1-6-8-10-12-14-15-16-17-18-19-20-21-22-23-24-25-26-27-28-29-30-31-32-33-34-35-36-37-38-39-40-41-42-43-45-47-49-51-57(61)58-55(56(60)50-48-46-44-13-11-9-7-2)54-65-66(62,63)64-53-52-59(3,4)5/h8,10-11,13-15,17-18,20-21,23-24,26-27,29-30,32-33,35-36,48,50,55-56,60H,6-7,9,12,16,19,22,25,28,31,34,37-47,49,51-54H2,1-5H3,(H-,58,61,62,63)/b10-8-,13-11+,15-14-,18-17-,21-20-,24-23-,27-26-,30-29-,33-32-,36-35-,50-48+. The van der Waals surface area contributed by atoms with E-state index in [-0.39, 0.29) is 12.5 Å². The fraction of sp³-hybridized carbons (Fsp3) is 0.596. The number of hydrogen-bond acceptors (Lipinski definition) is 6. The number of nitrogens with one attached hydrogen (secondary N) is 1. The Balaban J connectivity index is 4.04. The van der Waals surface area contributed by atoms with E-state index >= 15 is 0 Å². The van der Waals surface area contributed by atoms with E-state index in [1.165, 1.54) is 32.1 Å². The third kappa shape index (κ3) is 48.6. The van der Waals surface area contributed by atoms with Gasteiger partial charge in [-0.3, -0.25) is 9.36 Å². The number of phosphoric ester groups is 1. The summed E-state index contributed by atoms with van der Waals surface area (Å²) >= 11 is 0. The Morgan fingerprint density at radius 2 is 0.939 bits per heavy atom. The first-order valence-corrected chi connectivity index (χ1v) is 27.0. The second kappa shape index (κ2) is 46.7. The molecule has 0 aromatic carbocycles. The molecule has 9 heteroatoms. The number of rotatable bonds is 44. The summed E-state index contributed by atoms with van der Waals surface area (Å²) in [4.78, 5) is 25.2. The first-order chi connectivity index (χ1) is 32.0. The van der Waals surface area contributed by atoms with Gasteiger partial charge in [-0.1, -0.05) is 199 Å². The van der Waals surface area contributed by atoms with E-state index in [4.69, 9.17) is 9.05 Å². The van der Waals surface area contributed by atoms with Gasteiger partial charge in [0, 0.05) is 6.42 Å². The zero-order chi connectivity index (χ0) is 48.5. The van der Waals surface area contributed by atoms with E-state index in [2.05, 4.69) is 141 Å². The summed E-state index contributed by atoms with van der Waals surface area (Å²) in [6.07, 6.45) is 71.3. The zero-order valence-corrected chi connectivity index (χ0v) is 43.2. The summed E-state index contributed by atoms with van der Waals surface area (Å²) in [7, 11) is 1.21. The molecule has 0 saturated carbocycles. The van der Waals surface area contributed by atoms with Gasteiger partial charge in [0.05, 0.1) is 39.9 Å². The number of nitrogens with zero attached hydrogens (tertiary/aromatic N) is 1. The smallest absolute Gasteiger partial charge is 0.268 e. The van der Waals surface area contributed by atoms with Crippen LogP contribution < -0.4 is 10.2 Å². The molecule has 0 aliphatic heterocycles. The number of carbonyl (C=O) groups is 1. The average molecular weight is 935 g/mol. The second-order valence-corrected chi connectivity index (χ2v) is 19.2. The Morgan fingerprint density at radius 1 is 0.545 bits per heavy atom. The van der Waals surface area contributed by atoms with Crippen molar-refractivity contribution in [2.24, 2.45) is 0 Å². The van der Waals surface area contributed by atoms with Gasteiger partial charge in [0.25, 0.3) is 7.82 Å². The van der Waals surface area contributed by atoms with Gasteiger partial charge in [-0.2, -0.15) is 0 Å². The summed E-state index contributed by atoms with van der Waals surface area (Å²) < 4.78 is 23.1. The Bertz CT molecular complexity index is 1530. The number of aliphatic hydroxyl groups excluding tert-OH is 1. The molecule has 0 aromatic rings. The van der Waals surface area contributed by atoms with E-state index in [1.54, 1.807) is 6.08 Å². The summed E-state index contributed by atoms with van der Waals surface area (Å²) in [5.74, 6) is -0.226. The highest BCUT2D eigenvalue weighted by Crippen LogP contribution is 2.38. The van der Waals surface area contributed by atoms with Gasteiger partial charge in [0.2, 0.25) is 5.91 Å². The van der Waals surface area contributed by atoms with Gasteiger partial charge < -0.3 is 28.8 Å². The molecule has 0 heterocycles. The van der Waals surface area contributed by atoms with Gasteiger partial charge in [0.15, 0.2) is 0 Å². The van der Waals surface area contributed by atoms with Crippen molar-refractivity contribution in [2.45, 2.75) is 180 Å². The zero-order valence-electron chi connectivity index (χ0n) is 42.3. The van der Waals surface area contributed by atoms with Crippen LogP contribution in [0.25, 0.3) is 0 Å². The molecule has 374 valence electrons. The maximum Gasteiger partial charge on any atom is 0.268 e. The number of amides is 1. The second-order valence-electron chi connectivity index (χ2n) is 17.8. The van der Waals surface area contributed by atoms with Crippen molar-refractivity contribution >= 4 is 13.7 Å². The first-order valence-electron chi connectivity index (χ1n) is 25.5. The molecule has 0 spiro atoms. The number of likely N-dealkylation sites (N-methyl/N-ethyl adjacent to an activating group) is 1. The Kier molecular flexibility index (Phi) is 44.4. The highest BCUT2D eigenvalue weighted by molar-refractivity contribution is 7.45.